The van der Waals surface area contributed by atoms with Crippen LogP contribution >= 0.6 is 11.3 Å². The number of benzene rings is 1. The van der Waals surface area contributed by atoms with E-state index in [1.807, 2.05) is 0 Å². The highest BCUT2D eigenvalue weighted by atomic mass is 32.2. The highest BCUT2D eigenvalue weighted by Gasteiger charge is 2.22. The predicted molar refractivity (Wildman–Crippen MR) is 100 cm³/mol. The molecule has 1 amide bonds. The topological polar surface area (TPSA) is 119 Å². The van der Waals surface area contributed by atoms with E-state index in [1.54, 1.807) is 0 Å². The summed E-state index contributed by atoms with van der Waals surface area (Å²) in [5.41, 5.74) is 0.222. The molecule has 9 nitrogen and oxygen atoms in total. The zero-order valence-electron chi connectivity index (χ0n) is 14.7. The fraction of sp³-hybridized carbons (Fsp3) is 0.312. The Labute approximate surface area is 164 Å². The van der Waals surface area contributed by atoms with Gasteiger partial charge < -0.3 is 9.57 Å². The molecule has 0 saturated carbocycles. The summed E-state index contributed by atoms with van der Waals surface area (Å²) in [5.74, 6) is -0.669. The number of amides is 1. The third-order valence-corrected chi connectivity index (χ3v) is 5.93. The molecule has 2 heterocycles. The molecule has 1 aromatic carbocycles. The quantitative estimate of drug-likeness (QED) is 0.507. The Morgan fingerprint density at radius 3 is 2.71 bits per heavy atom. The molecule has 2 N–H and O–H groups in total. The first-order valence-electron chi connectivity index (χ1n) is 8.17. The highest BCUT2D eigenvalue weighted by molar-refractivity contribution is 7.89. The maximum absolute atomic E-state index is 13.1. The molecule has 0 aliphatic carbocycles. The summed E-state index contributed by atoms with van der Waals surface area (Å²) in [6.45, 7) is 0.895. The van der Waals surface area contributed by atoms with Crippen molar-refractivity contribution in [1.29, 1.82) is 0 Å². The Morgan fingerprint density at radius 1 is 1.39 bits per heavy atom. The van der Waals surface area contributed by atoms with Crippen LogP contribution in [-0.2, 0) is 24.4 Å². The van der Waals surface area contributed by atoms with E-state index in [9.17, 15) is 17.6 Å². The molecule has 1 fully saturated rings. The van der Waals surface area contributed by atoms with Gasteiger partial charge in [-0.1, -0.05) is 28.6 Å². The Balaban J connectivity index is 1.86. The second-order valence-corrected chi connectivity index (χ2v) is 8.55. The first-order valence-corrected chi connectivity index (χ1v) is 10.5. The van der Waals surface area contributed by atoms with E-state index in [0.717, 1.165) is 6.20 Å². The number of carbonyl (C=O) groups excluding carboxylic acids is 1. The van der Waals surface area contributed by atoms with Crippen LogP contribution in [0.2, 0.25) is 0 Å². The zero-order chi connectivity index (χ0) is 20.1. The van der Waals surface area contributed by atoms with Gasteiger partial charge >= 0.3 is 0 Å². The summed E-state index contributed by atoms with van der Waals surface area (Å²) in [6, 6.07) is 5.54. The average molecular weight is 428 g/mol. The van der Waals surface area contributed by atoms with Crippen molar-refractivity contribution in [3.63, 3.8) is 0 Å². The summed E-state index contributed by atoms with van der Waals surface area (Å²) in [6.07, 6.45) is 1.33. The molecule has 12 heteroatoms. The second kappa shape index (κ2) is 8.73. The van der Waals surface area contributed by atoms with Crippen molar-refractivity contribution >= 4 is 38.1 Å². The van der Waals surface area contributed by atoms with Crippen molar-refractivity contribution in [2.24, 2.45) is 5.16 Å². The van der Waals surface area contributed by atoms with Crippen molar-refractivity contribution in [3.05, 3.63) is 41.2 Å². The molecule has 3 rings (SSSR count). The van der Waals surface area contributed by atoms with Crippen LogP contribution in [0.3, 0.4) is 0 Å². The van der Waals surface area contributed by atoms with Gasteiger partial charge in [0.15, 0.2) is 22.1 Å². The predicted octanol–water partition coefficient (Wildman–Crippen LogP) is 1.34. The van der Waals surface area contributed by atoms with Gasteiger partial charge in [0.05, 0.1) is 24.3 Å². The van der Waals surface area contributed by atoms with Crippen LogP contribution < -0.4 is 10.0 Å². The van der Waals surface area contributed by atoms with E-state index in [0.29, 0.717) is 36.5 Å². The number of ether oxygens (including phenoxy) is 1. The molecule has 1 atom stereocenters. The van der Waals surface area contributed by atoms with Gasteiger partial charge in [-0.05, 0) is 19.2 Å². The van der Waals surface area contributed by atoms with Gasteiger partial charge in [0.1, 0.15) is 0 Å². The van der Waals surface area contributed by atoms with E-state index in [1.165, 1.54) is 31.3 Å². The SMILES string of the molecule is CNS(=O)(=O)c1ccc(C(=NO[C@@H]2CCOC2)C(=O)Nc2ncc(F)s2)cc1. The molecule has 0 spiro atoms. The molecule has 0 bridgehead atoms. The first-order chi connectivity index (χ1) is 13.4. The maximum Gasteiger partial charge on any atom is 0.280 e. The smallest absolute Gasteiger partial charge is 0.280 e. The van der Waals surface area contributed by atoms with E-state index < -0.39 is 21.1 Å². The molecule has 1 saturated heterocycles. The molecule has 150 valence electrons. The molecule has 0 unspecified atom stereocenters. The van der Waals surface area contributed by atoms with E-state index in [2.05, 4.69) is 20.2 Å². The third kappa shape index (κ3) is 4.90. The number of hydrogen-bond donors (Lipinski definition) is 2. The standard InChI is InChI=1S/C16H17FN4O5S2/c1-18-28(23,24)12-4-2-10(3-5-12)14(21-26-11-6-7-25-9-11)15(22)20-16-19-8-13(17)27-16/h2-5,8,11,18H,6-7,9H2,1H3,(H,19,20,22)/t11-/m1/s1. The molecule has 28 heavy (non-hydrogen) atoms. The first kappa shape index (κ1) is 20.3. The average Bonchev–Trinajstić information content (AvgIpc) is 3.34. The lowest BCUT2D eigenvalue weighted by Gasteiger charge is -2.10. The number of carbonyl (C=O) groups is 1. The van der Waals surface area contributed by atoms with Crippen LogP contribution in [-0.4, -0.2) is 51.4 Å². The minimum absolute atomic E-state index is 0.0330. The minimum Gasteiger partial charge on any atom is -0.389 e. The summed E-state index contributed by atoms with van der Waals surface area (Å²) in [4.78, 5) is 21.8. The van der Waals surface area contributed by atoms with E-state index in [4.69, 9.17) is 9.57 Å². The van der Waals surface area contributed by atoms with Gasteiger partial charge in [-0.15, -0.1) is 0 Å². The molecule has 2 aromatic rings. The summed E-state index contributed by atoms with van der Waals surface area (Å²) < 4.78 is 44.2. The fourth-order valence-electron chi connectivity index (χ4n) is 2.33. The lowest BCUT2D eigenvalue weighted by molar-refractivity contribution is -0.110. The third-order valence-electron chi connectivity index (χ3n) is 3.80. The highest BCUT2D eigenvalue weighted by Crippen LogP contribution is 2.18. The van der Waals surface area contributed by atoms with Crippen LogP contribution in [0, 0.1) is 5.13 Å². The largest absolute Gasteiger partial charge is 0.389 e. The molecule has 1 aliphatic rings. The van der Waals surface area contributed by atoms with Crippen molar-refractivity contribution in [1.82, 2.24) is 9.71 Å². The number of anilines is 1. The van der Waals surface area contributed by atoms with Gasteiger partial charge in [0, 0.05) is 12.0 Å². The minimum atomic E-state index is -3.62. The fourth-order valence-corrected chi connectivity index (χ4v) is 3.60. The number of oxime groups is 1. The number of sulfonamides is 1. The van der Waals surface area contributed by atoms with Crippen LogP contribution in [0.4, 0.5) is 9.52 Å². The number of hydrogen-bond acceptors (Lipinski definition) is 8. The monoisotopic (exact) mass is 428 g/mol. The van der Waals surface area contributed by atoms with E-state index in [-0.39, 0.29) is 21.8 Å². The number of aromatic nitrogens is 1. The van der Waals surface area contributed by atoms with E-state index >= 15 is 0 Å². The number of thiazole rings is 1. The molecule has 1 aromatic heterocycles. The van der Waals surface area contributed by atoms with Crippen molar-refractivity contribution in [2.75, 3.05) is 25.6 Å². The molecular weight excluding hydrogens is 411 g/mol. The van der Waals surface area contributed by atoms with Gasteiger partial charge in [-0.25, -0.2) is 18.1 Å². The maximum atomic E-state index is 13.1. The number of nitrogens with one attached hydrogen (secondary N) is 2. The van der Waals surface area contributed by atoms with Crippen LogP contribution in [0.15, 0.2) is 40.5 Å². The Bertz CT molecular complexity index is 969. The van der Waals surface area contributed by atoms with Gasteiger partial charge in [-0.2, -0.15) is 4.39 Å². The van der Waals surface area contributed by atoms with Crippen LogP contribution in [0.25, 0.3) is 0 Å². The molecule has 0 radical (unpaired) electrons. The van der Waals surface area contributed by atoms with Crippen molar-refractivity contribution in [3.8, 4) is 0 Å². The number of rotatable bonds is 7. The normalized spacial score (nSPS) is 17.5. The van der Waals surface area contributed by atoms with Gasteiger partial charge in [0.2, 0.25) is 10.0 Å². The lowest BCUT2D eigenvalue weighted by Crippen LogP contribution is -2.25. The lowest BCUT2D eigenvalue weighted by atomic mass is 10.1. The van der Waals surface area contributed by atoms with Crippen molar-refractivity contribution < 1.29 is 27.2 Å². The molecular formula is C16H17FN4O5S2. The molecule has 1 aliphatic heterocycles. The van der Waals surface area contributed by atoms with Gasteiger partial charge in [0.25, 0.3) is 5.91 Å². The zero-order valence-corrected chi connectivity index (χ0v) is 16.3. The van der Waals surface area contributed by atoms with Crippen LogP contribution in [0.1, 0.15) is 12.0 Å². The van der Waals surface area contributed by atoms with Crippen LogP contribution in [0.5, 0.6) is 0 Å². The van der Waals surface area contributed by atoms with Crippen molar-refractivity contribution in [2.45, 2.75) is 17.4 Å². The summed E-state index contributed by atoms with van der Waals surface area (Å²) in [5, 5.41) is 5.90. The van der Waals surface area contributed by atoms with Gasteiger partial charge in [-0.3, -0.25) is 10.1 Å². The second-order valence-electron chi connectivity index (χ2n) is 5.69. The summed E-state index contributed by atoms with van der Waals surface area (Å²) >= 11 is 0.668. The Kier molecular flexibility index (Phi) is 6.34. The Hall–Kier alpha value is -2.41. The Morgan fingerprint density at radius 2 is 2.14 bits per heavy atom. The number of nitrogens with zero attached hydrogens (tertiary/aromatic N) is 2. The summed E-state index contributed by atoms with van der Waals surface area (Å²) in [7, 11) is -2.32. The number of halogens is 1.